The van der Waals surface area contributed by atoms with Crippen LogP contribution in [0.5, 0.6) is 0 Å². The van der Waals surface area contributed by atoms with E-state index in [-0.39, 0.29) is 11.1 Å². The first-order valence-electron chi connectivity index (χ1n) is 3.70. The summed E-state index contributed by atoms with van der Waals surface area (Å²) in [5.74, 6) is -3.66. The van der Waals surface area contributed by atoms with E-state index in [9.17, 15) is 14.0 Å². The lowest BCUT2D eigenvalue weighted by atomic mass is 10.1. The van der Waals surface area contributed by atoms with Gasteiger partial charge in [-0.25, -0.2) is 14.0 Å². The highest BCUT2D eigenvalue weighted by Gasteiger charge is 2.16. The number of aromatic carboxylic acids is 2. The first-order valence-corrected chi connectivity index (χ1v) is 3.70. The zero-order chi connectivity index (χ0) is 10.9. The summed E-state index contributed by atoms with van der Waals surface area (Å²) in [6.45, 7) is 1.31. The second-order valence-corrected chi connectivity index (χ2v) is 2.76. The van der Waals surface area contributed by atoms with E-state index in [2.05, 4.69) is 0 Å². The Labute approximate surface area is 78.6 Å². The molecule has 0 aromatic heterocycles. The zero-order valence-electron chi connectivity index (χ0n) is 7.24. The summed E-state index contributed by atoms with van der Waals surface area (Å²) in [6, 6.07) is 1.89. The van der Waals surface area contributed by atoms with Crippen molar-refractivity contribution in [2.75, 3.05) is 0 Å². The largest absolute Gasteiger partial charge is 0.478 e. The van der Waals surface area contributed by atoms with Crippen molar-refractivity contribution in [2.24, 2.45) is 0 Å². The van der Waals surface area contributed by atoms with E-state index in [0.717, 1.165) is 12.1 Å². The summed E-state index contributed by atoms with van der Waals surface area (Å²) < 4.78 is 13.1. The van der Waals surface area contributed by atoms with Gasteiger partial charge in [-0.1, -0.05) is 0 Å². The van der Waals surface area contributed by atoms with Crippen molar-refractivity contribution in [3.8, 4) is 0 Å². The molecule has 5 heteroatoms. The smallest absolute Gasteiger partial charge is 0.338 e. The molecular formula is C9H7FO4. The number of benzene rings is 1. The molecule has 4 nitrogen and oxygen atoms in total. The summed E-state index contributed by atoms with van der Waals surface area (Å²) in [7, 11) is 0. The van der Waals surface area contributed by atoms with E-state index < -0.39 is 23.3 Å². The fraction of sp³-hybridized carbons (Fsp3) is 0.111. The van der Waals surface area contributed by atoms with E-state index in [4.69, 9.17) is 10.2 Å². The van der Waals surface area contributed by atoms with E-state index in [1.807, 2.05) is 0 Å². The second-order valence-electron chi connectivity index (χ2n) is 2.76. The molecule has 1 aromatic rings. The molecule has 0 unspecified atom stereocenters. The maximum absolute atomic E-state index is 13.1. The number of carboxylic acid groups (broad SMARTS) is 2. The third-order valence-electron chi connectivity index (χ3n) is 1.73. The minimum Gasteiger partial charge on any atom is -0.478 e. The quantitative estimate of drug-likeness (QED) is 0.755. The van der Waals surface area contributed by atoms with E-state index >= 15 is 0 Å². The fourth-order valence-corrected chi connectivity index (χ4v) is 1.05. The Morgan fingerprint density at radius 3 is 2.21 bits per heavy atom. The lowest BCUT2D eigenvalue weighted by Crippen LogP contribution is -2.06. The van der Waals surface area contributed by atoms with Gasteiger partial charge in [0.05, 0.1) is 11.1 Å². The fourth-order valence-electron chi connectivity index (χ4n) is 1.05. The molecule has 2 N–H and O–H groups in total. The Morgan fingerprint density at radius 1 is 1.21 bits per heavy atom. The van der Waals surface area contributed by atoms with Crippen LogP contribution in [0.2, 0.25) is 0 Å². The Balaban J connectivity index is 3.43. The van der Waals surface area contributed by atoms with Crippen LogP contribution in [0.3, 0.4) is 0 Å². The molecule has 0 aliphatic rings. The van der Waals surface area contributed by atoms with Crippen molar-refractivity contribution in [2.45, 2.75) is 6.92 Å². The predicted octanol–water partition coefficient (Wildman–Crippen LogP) is 1.53. The highest BCUT2D eigenvalue weighted by molar-refractivity contribution is 5.94. The van der Waals surface area contributed by atoms with Gasteiger partial charge in [-0.2, -0.15) is 0 Å². The maximum atomic E-state index is 13.1. The van der Waals surface area contributed by atoms with Gasteiger partial charge in [0.25, 0.3) is 0 Å². The molecule has 0 aliphatic heterocycles. The molecule has 14 heavy (non-hydrogen) atoms. The Morgan fingerprint density at radius 2 is 1.79 bits per heavy atom. The van der Waals surface area contributed by atoms with Crippen molar-refractivity contribution in [3.63, 3.8) is 0 Å². The molecule has 1 aromatic carbocycles. The van der Waals surface area contributed by atoms with Crippen molar-refractivity contribution in [1.82, 2.24) is 0 Å². The number of carboxylic acids is 2. The van der Waals surface area contributed by atoms with Gasteiger partial charge in [-0.05, 0) is 24.6 Å². The molecule has 0 fully saturated rings. The van der Waals surface area contributed by atoms with Crippen molar-refractivity contribution >= 4 is 11.9 Å². The topological polar surface area (TPSA) is 74.6 Å². The van der Waals surface area contributed by atoms with Gasteiger partial charge in [0.2, 0.25) is 0 Å². The number of hydrogen-bond donors (Lipinski definition) is 2. The number of halogens is 1. The maximum Gasteiger partial charge on any atom is 0.338 e. The molecule has 0 saturated heterocycles. The van der Waals surface area contributed by atoms with Gasteiger partial charge in [-0.15, -0.1) is 0 Å². The van der Waals surface area contributed by atoms with Crippen LogP contribution >= 0.6 is 0 Å². The van der Waals surface area contributed by atoms with Gasteiger partial charge in [0.15, 0.2) is 0 Å². The SMILES string of the molecule is Cc1cc(C(=O)O)cc(C(=O)O)c1F. The highest BCUT2D eigenvalue weighted by Crippen LogP contribution is 2.15. The van der Waals surface area contributed by atoms with Crippen LogP contribution < -0.4 is 0 Å². The summed E-state index contributed by atoms with van der Waals surface area (Å²) in [4.78, 5) is 21.0. The Bertz CT molecular complexity index is 412. The van der Waals surface area contributed by atoms with Gasteiger partial charge in [0.1, 0.15) is 5.82 Å². The van der Waals surface area contributed by atoms with Crippen LogP contribution in [0.4, 0.5) is 4.39 Å². The van der Waals surface area contributed by atoms with Gasteiger partial charge in [0, 0.05) is 0 Å². The minimum absolute atomic E-state index is 0.00213. The molecule has 0 saturated carbocycles. The first kappa shape index (κ1) is 10.2. The molecular weight excluding hydrogens is 191 g/mol. The van der Waals surface area contributed by atoms with Gasteiger partial charge < -0.3 is 10.2 Å². The Hall–Kier alpha value is -1.91. The molecule has 0 spiro atoms. The van der Waals surface area contributed by atoms with Crippen LogP contribution in [0, 0.1) is 12.7 Å². The molecule has 0 amide bonds. The van der Waals surface area contributed by atoms with E-state index in [0.29, 0.717) is 0 Å². The standard InChI is InChI=1S/C9H7FO4/c1-4-2-5(8(11)12)3-6(7(4)10)9(13)14/h2-3H,1H3,(H,11,12)(H,13,14). The number of rotatable bonds is 2. The monoisotopic (exact) mass is 198 g/mol. The molecule has 0 radical (unpaired) electrons. The highest BCUT2D eigenvalue weighted by atomic mass is 19.1. The van der Waals surface area contributed by atoms with Gasteiger partial charge in [-0.3, -0.25) is 0 Å². The number of aryl methyl sites for hydroxylation is 1. The third-order valence-corrected chi connectivity index (χ3v) is 1.73. The minimum atomic E-state index is -1.48. The van der Waals surface area contributed by atoms with Crippen LogP contribution in [0.25, 0.3) is 0 Å². The summed E-state index contributed by atoms with van der Waals surface area (Å²) in [5.41, 5.74) is -0.856. The average Bonchev–Trinajstić information content (AvgIpc) is 2.08. The first-order chi connectivity index (χ1) is 6.43. The normalized spacial score (nSPS) is 9.86. The predicted molar refractivity (Wildman–Crippen MR) is 45.1 cm³/mol. The van der Waals surface area contributed by atoms with E-state index in [1.54, 1.807) is 0 Å². The lowest BCUT2D eigenvalue weighted by molar-refractivity contribution is 0.0691. The second kappa shape index (κ2) is 3.45. The van der Waals surface area contributed by atoms with Crippen LogP contribution in [0.1, 0.15) is 26.3 Å². The summed E-state index contributed by atoms with van der Waals surface area (Å²) >= 11 is 0. The van der Waals surface area contributed by atoms with E-state index in [1.165, 1.54) is 6.92 Å². The third kappa shape index (κ3) is 1.71. The Kier molecular flexibility index (Phi) is 2.51. The van der Waals surface area contributed by atoms with Crippen molar-refractivity contribution in [3.05, 3.63) is 34.6 Å². The van der Waals surface area contributed by atoms with Crippen molar-refractivity contribution < 1.29 is 24.2 Å². The summed E-state index contributed by atoms with van der Waals surface area (Å²) in [6.07, 6.45) is 0. The molecule has 0 bridgehead atoms. The van der Waals surface area contributed by atoms with Crippen LogP contribution in [-0.4, -0.2) is 22.2 Å². The van der Waals surface area contributed by atoms with Gasteiger partial charge >= 0.3 is 11.9 Å². The van der Waals surface area contributed by atoms with Crippen LogP contribution in [0.15, 0.2) is 12.1 Å². The van der Waals surface area contributed by atoms with Crippen molar-refractivity contribution in [1.29, 1.82) is 0 Å². The lowest BCUT2D eigenvalue weighted by Gasteiger charge is -2.03. The summed E-state index contributed by atoms with van der Waals surface area (Å²) in [5, 5.41) is 17.2. The average molecular weight is 198 g/mol. The number of carbonyl (C=O) groups is 2. The number of hydrogen-bond acceptors (Lipinski definition) is 2. The molecule has 74 valence electrons. The molecule has 0 aliphatic carbocycles. The molecule has 0 atom stereocenters. The molecule has 0 heterocycles. The molecule has 1 rings (SSSR count). The zero-order valence-corrected chi connectivity index (χ0v) is 7.24. The van der Waals surface area contributed by atoms with Crippen LogP contribution in [-0.2, 0) is 0 Å².